The maximum absolute atomic E-state index is 13.1. The van der Waals surface area contributed by atoms with Gasteiger partial charge in [0, 0.05) is 29.7 Å². The Morgan fingerprint density at radius 2 is 1.79 bits per heavy atom. The molecule has 0 aliphatic rings. The number of rotatable bonds is 8. The maximum atomic E-state index is 13.1. The molecule has 8 heteroatoms. The van der Waals surface area contributed by atoms with Gasteiger partial charge >= 0.3 is 0 Å². The van der Waals surface area contributed by atoms with Crippen molar-refractivity contribution in [3.63, 3.8) is 0 Å². The van der Waals surface area contributed by atoms with Crippen molar-refractivity contribution in [2.45, 2.75) is 25.3 Å². The van der Waals surface area contributed by atoms with Crippen LogP contribution < -0.4 is 16.8 Å². The average Bonchev–Trinajstić information content (AvgIpc) is 3.07. The number of aromatic nitrogens is 1. The number of hydrogen-bond acceptors (Lipinski definition) is 3. The molecule has 6 N–H and O–H groups in total. The number of amides is 1. The molecular formula is C21H27Cl2FN4O. The summed E-state index contributed by atoms with van der Waals surface area (Å²) in [6.07, 6.45) is 3.78. The van der Waals surface area contributed by atoms with Crippen molar-refractivity contribution < 1.29 is 9.18 Å². The Hall–Kier alpha value is -2.12. The second kappa shape index (κ2) is 11.8. The van der Waals surface area contributed by atoms with E-state index in [4.69, 9.17) is 11.5 Å². The first kappa shape index (κ1) is 24.9. The first-order valence-corrected chi connectivity index (χ1v) is 9.15. The van der Waals surface area contributed by atoms with Crippen molar-refractivity contribution in [2.75, 3.05) is 13.1 Å². The van der Waals surface area contributed by atoms with Gasteiger partial charge in [-0.3, -0.25) is 4.79 Å². The van der Waals surface area contributed by atoms with Gasteiger partial charge in [-0.1, -0.05) is 18.2 Å². The summed E-state index contributed by atoms with van der Waals surface area (Å²) in [6, 6.07) is 12.3. The number of nitrogens with two attached hydrogens (primary N) is 2. The number of nitrogens with one attached hydrogen (secondary N) is 2. The minimum absolute atomic E-state index is 0. The van der Waals surface area contributed by atoms with E-state index in [1.807, 2.05) is 24.4 Å². The quantitative estimate of drug-likeness (QED) is 0.431. The first-order chi connectivity index (χ1) is 13.1. The number of fused-ring (bicyclic) bond motifs is 1. The lowest BCUT2D eigenvalue weighted by Gasteiger charge is -2.12. The summed E-state index contributed by atoms with van der Waals surface area (Å²) in [5.74, 6) is -0.324. The van der Waals surface area contributed by atoms with Crippen molar-refractivity contribution in [1.29, 1.82) is 0 Å². The summed E-state index contributed by atoms with van der Waals surface area (Å²) < 4.78 is 13.1. The molecule has 2 aromatic carbocycles. The number of aromatic amines is 1. The van der Waals surface area contributed by atoms with Crippen molar-refractivity contribution in [2.24, 2.45) is 11.5 Å². The third-order valence-electron chi connectivity index (χ3n) is 4.64. The number of carbonyl (C=O) groups is 1. The summed E-state index contributed by atoms with van der Waals surface area (Å²) >= 11 is 0. The Kier molecular flexibility index (Phi) is 10.1. The monoisotopic (exact) mass is 440 g/mol. The van der Waals surface area contributed by atoms with Crippen LogP contribution in [-0.4, -0.2) is 30.0 Å². The molecule has 0 spiro atoms. The predicted octanol–water partition coefficient (Wildman–Crippen LogP) is 3.54. The Morgan fingerprint density at radius 3 is 2.48 bits per heavy atom. The van der Waals surface area contributed by atoms with Gasteiger partial charge in [0.2, 0.25) is 5.91 Å². The number of halogens is 3. The Balaban J connectivity index is 0.00000210. The lowest BCUT2D eigenvalue weighted by Crippen LogP contribution is -2.38. The zero-order chi connectivity index (χ0) is 19.2. The topological polar surface area (TPSA) is 96.9 Å². The van der Waals surface area contributed by atoms with Gasteiger partial charge in [0.1, 0.15) is 5.82 Å². The summed E-state index contributed by atoms with van der Waals surface area (Å²) in [7, 11) is 0. The molecule has 1 amide bonds. The van der Waals surface area contributed by atoms with E-state index in [-0.39, 0.29) is 49.0 Å². The van der Waals surface area contributed by atoms with E-state index in [1.54, 1.807) is 12.1 Å². The normalized spacial score (nSPS) is 11.4. The lowest BCUT2D eigenvalue weighted by molar-refractivity contribution is -0.120. The highest BCUT2D eigenvalue weighted by molar-refractivity contribution is 5.91. The summed E-state index contributed by atoms with van der Waals surface area (Å²) in [6.45, 7) is 1.05. The molecule has 0 fully saturated rings. The number of H-pyrrole nitrogens is 1. The molecule has 0 radical (unpaired) electrons. The third-order valence-corrected chi connectivity index (χ3v) is 4.64. The van der Waals surface area contributed by atoms with Crippen LogP contribution in [0.1, 0.15) is 18.4 Å². The van der Waals surface area contributed by atoms with Gasteiger partial charge in [-0.05, 0) is 60.3 Å². The first-order valence-electron chi connectivity index (χ1n) is 9.15. The van der Waals surface area contributed by atoms with Crippen molar-refractivity contribution in [3.8, 4) is 11.1 Å². The van der Waals surface area contributed by atoms with Crippen molar-refractivity contribution in [3.05, 3.63) is 60.0 Å². The summed E-state index contributed by atoms with van der Waals surface area (Å²) in [4.78, 5) is 15.5. The predicted molar refractivity (Wildman–Crippen MR) is 121 cm³/mol. The number of hydrogen-bond donors (Lipinski definition) is 4. The van der Waals surface area contributed by atoms with E-state index in [0.29, 0.717) is 13.1 Å². The van der Waals surface area contributed by atoms with E-state index in [1.165, 1.54) is 12.1 Å². The Labute approximate surface area is 182 Å². The molecule has 1 heterocycles. The van der Waals surface area contributed by atoms with Gasteiger partial charge in [-0.15, -0.1) is 24.8 Å². The van der Waals surface area contributed by atoms with Gasteiger partial charge in [0.15, 0.2) is 0 Å². The molecular weight excluding hydrogens is 414 g/mol. The molecule has 0 saturated heterocycles. The summed E-state index contributed by atoms with van der Waals surface area (Å²) in [5.41, 5.74) is 15.2. The van der Waals surface area contributed by atoms with Crippen LogP contribution in [0.3, 0.4) is 0 Å². The molecule has 0 bridgehead atoms. The van der Waals surface area contributed by atoms with E-state index in [9.17, 15) is 9.18 Å². The average molecular weight is 441 g/mol. The number of benzene rings is 2. The molecule has 0 saturated carbocycles. The molecule has 158 valence electrons. The minimum atomic E-state index is -0.261. The van der Waals surface area contributed by atoms with Crippen LogP contribution in [0.2, 0.25) is 0 Å². The van der Waals surface area contributed by atoms with Gasteiger partial charge in [-0.2, -0.15) is 0 Å². The molecule has 0 aliphatic heterocycles. The van der Waals surface area contributed by atoms with Gasteiger partial charge in [0.05, 0.1) is 6.42 Å². The van der Waals surface area contributed by atoms with Crippen LogP contribution in [0, 0.1) is 5.82 Å². The fraction of sp³-hybridized carbons (Fsp3) is 0.286. The smallest absolute Gasteiger partial charge is 0.224 e. The third kappa shape index (κ3) is 6.72. The largest absolute Gasteiger partial charge is 0.361 e. The van der Waals surface area contributed by atoms with Crippen LogP contribution in [0.5, 0.6) is 0 Å². The van der Waals surface area contributed by atoms with Crippen LogP contribution >= 0.6 is 24.8 Å². The van der Waals surface area contributed by atoms with E-state index < -0.39 is 0 Å². The fourth-order valence-corrected chi connectivity index (χ4v) is 3.11. The zero-order valence-electron chi connectivity index (χ0n) is 16.0. The second-order valence-electron chi connectivity index (χ2n) is 6.75. The molecule has 3 aromatic rings. The van der Waals surface area contributed by atoms with Crippen molar-refractivity contribution in [1.82, 2.24) is 10.3 Å². The molecule has 3 rings (SSSR count). The van der Waals surface area contributed by atoms with E-state index in [2.05, 4.69) is 10.3 Å². The van der Waals surface area contributed by atoms with Gasteiger partial charge in [-0.25, -0.2) is 4.39 Å². The van der Waals surface area contributed by atoms with Gasteiger partial charge < -0.3 is 21.8 Å². The van der Waals surface area contributed by atoms with Crippen LogP contribution in [0.15, 0.2) is 48.7 Å². The highest BCUT2D eigenvalue weighted by atomic mass is 35.5. The minimum Gasteiger partial charge on any atom is -0.361 e. The fourth-order valence-electron chi connectivity index (χ4n) is 3.11. The molecule has 5 nitrogen and oxygen atoms in total. The lowest BCUT2D eigenvalue weighted by atomic mass is 10.0. The van der Waals surface area contributed by atoms with Crippen LogP contribution in [-0.2, 0) is 11.2 Å². The standard InChI is InChI=1S/C21H25FN4O.2ClH/c22-17-6-3-14(4-7-17)15-5-8-20-19(10-15)16(12-25-20)11-21(27)26-13-18(24)2-1-9-23;;/h3-8,10,12,18,25H,1-2,9,11,13,23-24H2,(H,26,27);2*1H/t18-;;/m0../s1. The molecule has 1 aromatic heterocycles. The zero-order valence-corrected chi connectivity index (χ0v) is 17.6. The molecule has 0 aliphatic carbocycles. The molecule has 0 unspecified atom stereocenters. The maximum Gasteiger partial charge on any atom is 0.224 e. The second-order valence-corrected chi connectivity index (χ2v) is 6.75. The summed E-state index contributed by atoms with van der Waals surface area (Å²) in [5, 5.41) is 3.87. The van der Waals surface area contributed by atoms with E-state index >= 15 is 0 Å². The molecule has 29 heavy (non-hydrogen) atoms. The molecule has 1 atom stereocenters. The SMILES string of the molecule is Cl.Cl.NCCC[C@H](N)CNC(=O)Cc1c[nH]c2ccc(-c3ccc(F)cc3)cc12. The van der Waals surface area contributed by atoms with Crippen LogP contribution in [0.4, 0.5) is 4.39 Å². The highest BCUT2D eigenvalue weighted by Crippen LogP contribution is 2.26. The van der Waals surface area contributed by atoms with Crippen LogP contribution in [0.25, 0.3) is 22.0 Å². The van der Waals surface area contributed by atoms with Gasteiger partial charge in [0.25, 0.3) is 0 Å². The van der Waals surface area contributed by atoms with E-state index in [0.717, 1.165) is 40.4 Å². The van der Waals surface area contributed by atoms with Crippen molar-refractivity contribution >= 4 is 41.6 Å². The number of carbonyl (C=O) groups excluding carboxylic acids is 1. The highest BCUT2D eigenvalue weighted by Gasteiger charge is 2.11. The Bertz CT molecular complexity index is 915. The Morgan fingerprint density at radius 1 is 1.10 bits per heavy atom.